The molecule has 0 unspecified atom stereocenters. The van der Waals surface area contributed by atoms with Gasteiger partial charge in [-0.15, -0.1) is 0 Å². The fourth-order valence-corrected chi connectivity index (χ4v) is 4.46. The first-order valence-corrected chi connectivity index (χ1v) is 8.75. The number of nitrogens with zero attached hydrogens (tertiary/aromatic N) is 3. The molecule has 3 fully saturated rings. The third-order valence-electron chi connectivity index (χ3n) is 5.66. The predicted octanol–water partition coefficient (Wildman–Crippen LogP) is 1.91. The maximum Gasteiger partial charge on any atom is 0.241 e. The van der Waals surface area contributed by atoms with Gasteiger partial charge in [-0.05, 0) is 25.3 Å². The van der Waals surface area contributed by atoms with Crippen LogP contribution in [0.25, 0.3) is 0 Å². The molecule has 5 rings (SSSR count). The molecular formula is C19H19N3O3. The van der Waals surface area contributed by atoms with Crippen LogP contribution < -0.4 is 4.90 Å². The Balaban J connectivity index is 1.45. The van der Waals surface area contributed by atoms with Gasteiger partial charge in [0.15, 0.2) is 5.82 Å². The first-order chi connectivity index (χ1) is 12.1. The fourth-order valence-electron chi connectivity index (χ4n) is 4.46. The van der Waals surface area contributed by atoms with Crippen LogP contribution in [0.1, 0.15) is 24.1 Å². The van der Waals surface area contributed by atoms with Gasteiger partial charge in [0.05, 0.1) is 30.6 Å². The second-order valence-corrected chi connectivity index (χ2v) is 7.14. The highest BCUT2D eigenvalue weighted by Gasteiger charge is 2.63. The van der Waals surface area contributed by atoms with Crippen LogP contribution in [-0.2, 0) is 20.9 Å². The summed E-state index contributed by atoms with van der Waals surface area (Å²) in [5.74, 6) is -0.480. The van der Waals surface area contributed by atoms with Gasteiger partial charge in [-0.25, -0.2) is 4.90 Å². The van der Waals surface area contributed by atoms with Crippen molar-refractivity contribution in [2.45, 2.75) is 38.5 Å². The Labute approximate surface area is 145 Å². The summed E-state index contributed by atoms with van der Waals surface area (Å²) >= 11 is 0. The number of aryl methyl sites for hydroxylation is 1. The monoisotopic (exact) mass is 337 g/mol. The lowest BCUT2D eigenvalue weighted by molar-refractivity contribution is -0.124. The standard InChI is InChI=1S/C19H19N3O3/c1-11-9-15(20-21(11)10-12-5-3-2-4-6-12)22-18(23)16-13-7-8-14(25-13)17(16)19(22)24/h2-6,9,13-14,16-17H,7-8,10H2,1H3/t13-,14-,16-,17-/m0/s1. The summed E-state index contributed by atoms with van der Waals surface area (Å²) in [6.45, 7) is 2.56. The van der Waals surface area contributed by atoms with Crippen molar-refractivity contribution >= 4 is 17.6 Å². The van der Waals surface area contributed by atoms with Gasteiger partial charge in [0.25, 0.3) is 0 Å². The van der Waals surface area contributed by atoms with Gasteiger partial charge >= 0.3 is 0 Å². The molecule has 1 aromatic carbocycles. The van der Waals surface area contributed by atoms with Gasteiger partial charge in [0, 0.05) is 11.8 Å². The minimum absolute atomic E-state index is 0.0936. The largest absolute Gasteiger partial charge is 0.373 e. The van der Waals surface area contributed by atoms with Crippen LogP contribution >= 0.6 is 0 Å². The molecule has 6 heteroatoms. The number of rotatable bonds is 3. The van der Waals surface area contributed by atoms with Crippen LogP contribution in [0.5, 0.6) is 0 Å². The van der Waals surface area contributed by atoms with Gasteiger partial charge in [0.2, 0.25) is 11.8 Å². The molecule has 0 N–H and O–H groups in total. The summed E-state index contributed by atoms with van der Waals surface area (Å²) in [5, 5.41) is 4.55. The lowest BCUT2D eigenvalue weighted by Gasteiger charge is -2.15. The Hall–Kier alpha value is -2.47. The molecule has 0 radical (unpaired) electrons. The van der Waals surface area contributed by atoms with Gasteiger partial charge in [-0.1, -0.05) is 30.3 Å². The molecule has 0 spiro atoms. The van der Waals surface area contributed by atoms with Crippen molar-refractivity contribution in [2.24, 2.45) is 11.8 Å². The highest BCUT2D eigenvalue weighted by atomic mass is 16.5. The quantitative estimate of drug-likeness (QED) is 0.803. The van der Waals surface area contributed by atoms with Gasteiger partial charge in [-0.2, -0.15) is 5.10 Å². The maximum atomic E-state index is 12.8. The number of carbonyl (C=O) groups excluding carboxylic acids is 2. The Morgan fingerprint density at radius 3 is 2.36 bits per heavy atom. The zero-order valence-electron chi connectivity index (χ0n) is 14.0. The van der Waals surface area contributed by atoms with E-state index < -0.39 is 0 Å². The Morgan fingerprint density at radius 1 is 1.08 bits per heavy atom. The van der Waals surface area contributed by atoms with Crippen molar-refractivity contribution < 1.29 is 14.3 Å². The summed E-state index contributed by atoms with van der Waals surface area (Å²) in [6.07, 6.45) is 1.56. The number of carbonyl (C=O) groups is 2. The number of benzene rings is 1. The maximum absolute atomic E-state index is 12.8. The molecule has 3 saturated heterocycles. The number of hydrogen-bond donors (Lipinski definition) is 0. The summed E-state index contributed by atoms with van der Waals surface area (Å²) in [6, 6.07) is 11.8. The SMILES string of the molecule is Cc1cc(N2C(=O)[C@@H]3[C@@H](C2=O)[C@@H]2CC[C@@H]3O2)nn1Cc1ccccc1. The van der Waals surface area contributed by atoms with Crippen LogP contribution in [0, 0.1) is 18.8 Å². The van der Waals surface area contributed by atoms with Crippen molar-refractivity contribution in [1.29, 1.82) is 0 Å². The lowest BCUT2D eigenvalue weighted by Crippen LogP contribution is -2.34. The zero-order valence-corrected chi connectivity index (χ0v) is 14.0. The summed E-state index contributed by atoms with van der Waals surface area (Å²) in [5.41, 5.74) is 2.05. The van der Waals surface area contributed by atoms with Crippen molar-refractivity contribution in [3.8, 4) is 0 Å². The van der Waals surface area contributed by atoms with E-state index in [2.05, 4.69) is 5.10 Å². The Morgan fingerprint density at radius 2 is 1.72 bits per heavy atom. The fraction of sp³-hybridized carbons (Fsp3) is 0.421. The van der Waals surface area contributed by atoms with Crippen molar-refractivity contribution in [3.63, 3.8) is 0 Å². The van der Waals surface area contributed by atoms with E-state index >= 15 is 0 Å². The van der Waals surface area contributed by atoms with E-state index in [4.69, 9.17) is 4.74 Å². The number of imide groups is 1. The average molecular weight is 337 g/mol. The van der Waals surface area contributed by atoms with E-state index in [-0.39, 0.29) is 35.9 Å². The van der Waals surface area contributed by atoms with Crippen molar-refractivity contribution in [2.75, 3.05) is 4.90 Å². The van der Waals surface area contributed by atoms with Crippen molar-refractivity contribution in [3.05, 3.63) is 47.7 Å². The van der Waals surface area contributed by atoms with E-state index in [9.17, 15) is 9.59 Å². The molecule has 0 saturated carbocycles. The first kappa shape index (κ1) is 14.8. The molecular weight excluding hydrogens is 318 g/mol. The van der Waals surface area contributed by atoms with Crippen LogP contribution in [0.4, 0.5) is 5.82 Å². The molecule has 0 aliphatic carbocycles. The third-order valence-corrected chi connectivity index (χ3v) is 5.66. The second-order valence-electron chi connectivity index (χ2n) is 7.14. The summed E-state index contributed by atoms with van der Waals surface area (Å²) < 4.78 is 7.62. The number of aromatic nitrogens is 2. The minimum Gasteiger partial charge on any atom is -0.373 e. The second kappa shape index (κ2) is 5.26. The lowest BCUT2D eigenvalue weighted by atomic mass is 9.81. The zero-order chi connectivity index (χ0) is 17.1. The number of amides is 2. The van der Waals surface area contributed by atoms with Crippen LogP contribution in [-0.4, -0.2) is 33.8 Å². The molecule has 4 heterocycles. The van der Waals surface area contributed by atoms with Crippen LogP contribution in [0.2, 0.25) is 0 Å². The minimum atomic E-state index is -0.314. The number of hydrogen-bond acceptors (Lipinski definition) is 4. The van der Waals surface area contributed by atoms with Gasteiger partial charge < -0.3 is 4.74 Å². The third kappa shape index (κ3) is 2.10. The van der Waals surface area contributed by atoms with Crippen LogP contribution in [0.3, 0.4) is 0 Å². The molecule has 2 bridgehead atoms. The molecule has 2 aromatic rings. The van der Waals surface area contributed by atoms with Crippen molar-refractivity contribution in [1.82, 2.24) is 9.78 Å². The summed E-state index contributed by atoms with van der Waals surface area (Å²) in [4.78, 5) is 27.0. The molecule has 3 aliphatic heterocycles. The molecule has 6 nitrogen and oxygen atoms in total. The highest BCUT2D eigenvalue weighted by Crippen LogP contribution is 2.49. The van der Waals surface area contributed by atoms with E-state index in [0.29, 0.717) is 12.4 Å². The normalized spacial score (nSPS) is 30.4. The molecule has 3 aliphatic rings. The average Bonchev–Trinajstić information content (AvgIpc) is 3.34. The molecule has 2 amide bonds. The number of ether oxygens (including phenoxy) is 1. The van der Waals surface area contributed by atoms with E-state index in [1.54, 1.807) is 0 Å². The van der Waals surface area contributed by atoms with Gasteiger partial charge in [0.1, 0.15) is 0 Å². The van der Waals surface area contributed by atoms with E-state index in [0.717, 1.165) is 24.1 Å². The number of anilines is 1. The Bertz CT molecular complexity index is 832. The molecule has 128 valence electrons. The van der Waals surface area contributed by atoms with Crippen LogP contribution in [0.15, 0.2) is 36.4 Å². The smallest absolute Gasteiger partial charge is 0.241 e. The predicted molar refractivity (Wildman–Crippen MR) is 89.9 cm³/mol. The molecule has 25 heavy (non-hydrogen) atoms. The van der Waals surface area contributed by atoms with Gasteiger partial charge in [-0.3, -0.25) is 14.3 Å². The highest BCUT2D eigenvalue weighted by molar-refractivity contribution is 6.22. The topological polar surface area (TPSA) is 64.4 Å². The van der Waals surface area contributed by atoms with E-state index in [1.807, 2.05) is 48.0 Å². The summed E-state index contributed by atoms with van der Waals surface area (Å²) in [7, 11) is 0. The number of fused-ring (bicyclic) bond motifs is 5. The molecule has 4 atom stereocenters. The Kier molecular flexibility index (Phi) is 3.12. The molecule has 1 aromatic heterocycles. The van der Waals surface area contributed by atoms with E-state index in [1.165, 1.54) is 4.90 Å². The first-order valence-electron chi connectivity index (χ1n) is 8.75.